The molecule has 1 saturated heterocycles. The summed E-state index contributed by atoms with van der Waals surface area (Å²) in [5.41, 5.74) is -0.0141. The van der Waals surface area contributed by atoms with Crippen molar-refractivity contribution in [2.75, 3.05) is 24.6 Å². The second kappa shape index (κ2) is 5.91. The average Bonchev–Trinajstić information content (AvgIpc) is 2.36. The molecule has 0 radical (unpaired) electrons. The molecule has 0 spiro atoms. The van der Waals surface area contributed by atoms with Crippen LogP contribution in [0, 0.1) is 0 Å². The van der Waals surface area contributed by atoms with Crippen molar-refractivity contribution in [2.45, 2.75) is 25.3 Å². The number of benzene rings is 1. The van der Waals surface area contributed by atoms with Crippen molar-refractivity contribution < 1.29 is 23.0 Å². The molecule has 0 aromatic heterocycles. The minimum absolute atomic E-state index is 0.0879. The minimum Gasteiger partial charge on any atom is -0.394 e. The van der Waals surface area contributed by atoms with Gasteiger partial charge in [0.1, 0.15) is 0 Å². The first-order valence-corrected chi connectivity index (χ1v) is 6.98. The van der Waals surface area contributed by atoms with Gasteiger partial charge < -0.3 is 14.7 Å². The van der Waals surface area contributed by atoms with E-state index in [1.54, 1.807) is 0 Å². The highest BCUT2D eigenvalue weighted by Crippen LogP contribution is 2.36. The fourth-order valence-electron chi connectivity index (χ4n) is 2.28. The summed E-state index contributed by atoms with van der Waals surface area (Å²) in [6.45, 7) is 2.77. The van der Waals surface area contributed by atoms with Crippen molar-refractivity contribution in [1.82, 2.24) is 0 Å². The van der Waals surface area contributed by atoms with E-state index in [1.165, 1.54) is 6.07 Å². The van der Waals surface area contributed by atoms with Crippen LogP contribution in [0.4, 0.5) is 18.9 Å². The molecule has 2 rings (SSSR count). The normalized spacial score (nSPS) is 24.0. The highest BCUT2D eigenvalue weighted by atomic mass is 79.9. The van der Waals surface area contributed by atoms with Crippen molar-refractivity contribution in [3.8, 4) is 0 Å². The Bertz CT molecular complexity index is 481. The van der Waals surface area contributed by atoms with E-state index in [1.807, 2.05) is 11.8 Å². The quantitative estimate of drug-likeness (QED) is 0.886. The van der Waals surface area contributed by atoms with Gasteiger partial charge in [-0.2, -0.15) is 13.2 Å². The number of morpholine rings is 1. The molecule has 1 aliphatic rings. The summed E-state index contributed by atoms with van der Waals surface area (Å²) in [5, 5.41) is 9.18. The number of aliphatic hydroxyl groups excluding tert-OH is 1. The van der Waals surface area contributed by atoms with Gasteiger partial charge in [0.2, 0.25) is 0 Å². The summed E-state index contributed by atoms with van der Waals surface area (Å²) in [6.07, 6.45) is -4.77. The van der Waals surface area contributed by atoms with Crippen LogP contribution in [0.25, 0.3) is 0 Å². The van der Waals surface area contributed by atoms with Crippen molar-refractivity contribution >= 4 is 21.6 Å². The molecule has 0 saturated carbocycles. The standard InChI is InChI=1S/C13H15BrF3NO2/c1-8-5-18(6-10(7-19)20-8)12-3-2-9(4-11(12)14)13(15,16)17/h2-4,8,10,19H,5-7H2,1H3. The minimum atomic E-state index is -4.35. The van der Waals surface area contributed by atoms with Gasteiger partial charge in [0, 0.05) is 17.6 Å². The Hall–Kier alpha value is -0.790. The molecule has 0 aliphatic carbocycles. The maximum absolute atomic E-state index is 12.6. The molecule has 0 amide bonds. The first-order valence-electron chi connectivity index (χ1n) is 6.19. The largest absolute Gasteiger partial charge is 0.416 e. The smallest absolute Gasteiger partial charge is 0.394 e. The SMILES string of the molecule is CC1CN(c2ccc(C(F)(F)F)cc2Br)CC(CO)O1. The van der Waals surface area contributed by atoms with E-state index in [-0.39, 0.29) is 18.8 Å². The number of nitrogens with zero attached hydrogens (tertiary/aromatic N) is 1. The summed E-state index contributed by atoms with van der Waals surface area (Å²) in [7, 11) is 0. The van der Waals surface area contributed by atoms with Gasteiger partial charge in [0.25, 0.3) is 0 Å². The van der Waals surface area contributed by atoms with Crippen molar-refractivity contribution in [1.29, 1.82) is 0 Å². The maximum Gasteiger partial charge on any atom is 0.416 e. The van der Waals surface area contributed by atoms with Crippen LogP contribution in [-0.4, -0.2) is 37.0 Å². The monoisotopic (exact) mass is 353 g/mol. The highest BCUT2D eigenvalue weighted by molar-refractivity contribution is 9.10. The Morgan fingerprint density at radius 2 is 2.10 bits per heavy atom. The van der Waals surface area contributed by atoms with Crippen LogP contribution in [0.1, 0.15) is 12.5 Å². The second-order valence-electron chi connectivity index (χ2n) is 4.82. The second-order valence-corrected chi connectivity index (χ2v) is 5.67. The van der Waals surface area contributed by atoms with E-state index in [2.05, 4.69) is 15.9 Å². The van der Waals surface area contributed by atoms with Crippen LogP contribution in [0.15, 0.2) is 22.7 Å². The Kier molecular flexibility index (Phi) is 4.61. The Morgan fingerprint density at radius 3 is 2.65 bits per heavy atom. The number of rotatable bonds is 2. The predicted octanol–water partition coefficient (Wildman–Crippen LogP) is 3.05. The fourth-order valence-corrected chi connectivity index (χ4v) is 2.91. The maximum atomic E-state index is 12.6. The van der Waals surface area contributed by atoms with Crippen LogP contribution in [0.2, 0.25) is 0 Å². The van der Waals surface area contributed by atoms with Crippen molar-refractivity contribution in [3.05, 3.63) is 28.2 Å². The van der Waals surface area contributed by atoms with Crippen LogP contribution < -0.4 is 4.90 Å². The first kappa shape index (κ1) is 15.6. The molecule has 1 N–H and O–H groups in total. The lowest BCUT2D eigenvalue weighted by molar-refractivity contribution is -0.137. The number of hydrogen-bond donors (Lipinski definition) is 1. The van der Waals surface area contributed by atoms with Crippen LogP contribution in [-0.2, 0) is 10.9 Å². The van der Waals surface area contributed by atoms with Gasteiger partial charge in [-0.1, -0.05) is 0 Å². The van der Waals surface area contributed by atoms with Crippen LogP contribution in [0.3, 0.4) is 0 Å². The summed E-state index contributed by atoms with van der Waals surface area (Å²) in [6, 6.07) is 3.58. The Morgan fingerprint density at radius 1 is 1.40 bits per heavy atom. The molecule has 112 valence electrons. The summed E-state index contributed by atoms with van der Waals surface area (Å²) in [5.74, 6) is 0. The topological polar surface area (TPSA) is 32.7 Å². The van der Waals surface area contributed by atoms with E-state index in [0.717, 1.165) is 12.1 Å². The molecule has 2 unspecified atom stereocenters. The first-order chi connectivity index (χ1) is 9.31. The van der Waals surface area contributed by atoms with Gasteiger partial charge in [0.05, 0.1) is 30.1 Å². The molecule has 20 heavy (non-hydrogen) atoms. The molecule has 1 heterocycles. The zero-order chi connectivity index (χ0) is 14.9. The number of aliphatic hydroxyl groups is 1. The van der Waals surface area contributed by atoms with E-state index in [4.69, 9.17) is 4.74 Å². The summed E-state index contributed by atoms with van der Waals surface area (Å²) >= 11 is 3.19. The van der Waals surface area contributed by atoms with E-state index in [9.17, 15) is 18.3 Å². The van der Waals surface area contributed by atoms with Crippen molar-refractivity contribution in [3.63, 3.8) is 0 Å². The third kappa shape index (κ3) is 3.45. The van der Waals surface area contributed by atoms with Gasteiger partial charge in [-0.05, 0) is 41.1 Å². The van der Waals surface area contributed by atoms with Crippen molar-refractivity contribution in [2.24, 2.45) is 0 Å². The lowest BCUT2D eigenvalue weighted by Gasteiger charge is -2.38. The number of ether oxygens (including phenoxy) is 1. The number of halogens is 4. The number of alkyl halides is 3. The van der Waals surface area contributed by atoms with Gasteiger partial charge in [-0.3, -0.25) is 0 Å². The molecular formula is C13H15BrF3NO2. The van der Waals surface area contributed by atoms with Gasteiger partial charge in [-0.15, -0.1) is 0 Å². The van der Waals surface area contributed by atoms with Gasteiger partial charge >= 0.3 is 6.18 Å². The molecule has 1 aliphatic heterocycles. The fraction of sp³-hybridized carbons (Fsp3) is 0.538. The summed E-state index contributed by atoms with van der Waals surface area (Å²) < 4.78 is 43.8. The molecule has 3 nitrogen and oxygen atoms in total. The zero-order valence-electron chi connectivity index (χ0n) is 10.8. The number of anilines is 1. The van der Waals surface area contributed by atoms with Crippen LogP contribution >= 0.6 is 15.9 Å². The average molecular weight is 354 g/mol. The lowest BCUT2D eigenvalue weighted by atomic mass is 10.1. The highest BCUT2D eigenvalue weighted by Gasteiger charge is 2.32. The zero-order valence-corrected chi connectivity index (χ0v) is 12.4. The van der Waals surface area contributed by atoms with E-state index in [0.29, 0.717) is 23.2 Å². The number of hydrogen-bond acceptors (Lipinski definition) is 3. The van der Waals surface area contributed by atoms with Gasteiger partial charge in [-0.25, -0.2) is 0 Å². The third-order valence-corrected chi connectivity index (χ3v) is 3.78. The molecule has 1 aromatic carbocycles. The molecule has 1 fully saturated rings. The van der Waals surface area contributed by atoms with Gasteiger partial charge in [0.15, 0.2) is 0 Å². The Labute approximate surface area is 123 Å². The molecule has 7 heteroatoms. The lowest BCUT2D eigenvalue weighted by Crippen LogP contribution is -2.48. The van der Waals surface area contributed by atoms with Crippen LogP contribution in [0.5, 0.6) is 0 Å². The van der Waals surface area contributed by atoms with E-state index >= 15 is 0 Å². The molecule has 1 aromatic rings. The Balaban J connectivity index is 2.24. The summed E-state index contributed by atoms with van der Waals surface area (Å²) in [4.78, 5) is 1.92. The predicted molar refractivity (Wildman–Crippen MR) is 72.8 cm³/mol. The van der Waals surface area contributed by atoms with E-state index < -0.39 is 11.7 Å². The molecule has 2 atom stereocenters. The molecule has 0 bridgehead atoms. The molecular weight excluding hydrogens is 339 g/mol. The third-order valence-electron chi connectivity index (χ3n) is 3.15.